The zero-order valence-electron chi connectivity index (χ0n) is 14.4. The molecule has 0 aromatic heterocycles. The second kappa shape index (κ2) is 6.77. The number of aromatic hydroxyl groups is 2. The third-order valence-electron chi connectivity index (χ3n) is 3.95. The predicted octanol–water partition coefficient (Wildman–Crippen LogP) is 5.61. The molecule has 0 fully saturated rings. The van der Waals surface area contributed by atoms with Crippen LogP contribution in [0.15, 0.2) is 54.6 Å². The van der Waals surface area contributed by atoms with Crippen molar-refractivity contribution in [2.24, 2.45) is 0 Å². The molecule has 0 heterocycles. The lowest BCUT2D eigenvalue weighted by molar-refractivity contribution is 0.453. The number of rotatable bonds is 4. The van der Waals surface area contributed by atoms with Gasteiger partial charge in [0, 0.05) is 0 Å². The van der Waals surface area contributed by atoms with Crippen LogP contribution in [0, 0.1) is 20.8 Å². The Morgan fingerprint density at radius 3 is 1.48 bits per heavy atom. The fourth-order valence-corrected chi connectivity index (χ4v) is 2.45. The topological polar surface area (TPSA) is 58.9 Å². The van der Waals surface area contributed by atoms with Crippen molar-refractivity contribution in [2.45, 2.75) is 20.8 Å². The first-order valence-corrected chi connectivity index (χ1v) is 7.98. The molecule has 0 spiro atoms. The van der Waals surface area contributed by atoms with E-state index in [-0.39, 0.29) is 11.5 Å². The lowest BCUT2D eigenvalue weighted by Gasteiger charge is -2.12. The van der Waals surface area contributed by atoms with Crippen molar-refractivity contribution < 1.29 is 19.7 Å². The van der Waals surface area contributed by atoms with Crippen molar-refractivity contribution in [3.63, 3.8) is 0 Å². The van der Waals surface area contributed by atoms with E-state index in [0.29, 0.717) is 17.2 Å². The normalized spacial score (nSPS) is 10.5. The summed E-state index contributed by atoms with van der Waals surface area (Å²) in [7, 11) is 0. The summed E-state index contributed by atoms with van der Waals surface area (Å²) in [6.45, 7) is 5.59. The lowest BCUT2D eigenvalue weighted by atomic mass is 10.2. The summed E-state index contributed by atoms with van der Waals surface area (Å²) in [5.41, 5.74) is 2.45. The van der Waals surface area contributed by atoms with Gasteiger partial charge in [-0.3, -0.25) is 0 Å². The first-order valence-electron chi connectivity index (χ1n) is 7.98. The highest BCUT2D eigenvalue weighted by molar-refractivity contribution is 5.46. The van der Waals surface area contributed by atoms with E-state index in [9.17, 15) is 10.2 Å². The van der Waals surface area contributed by atoms with E-state index < -0.39 is 0 Å². The summed E-state index contributed by atoms with van der Waals surface area (Å²) in [5.74, 6) is 3.24. The van der Waals surface area contributed by atoms with Gasteiger partial charge in [-0.15, -0.1) is 0 Å². The summed E-state index contributed by atoms with van der Waals surface area (Å²) in [5, 5.41) is 19.2. The fourth-order valence-electron chi connectivity index (χ4n) is 2.45. The number of hydrogen-bond donors (Lipinski definition) is 2. The van der Waals surface area contributed by atoms with Crippen LogP contribution in [-0.2, 0) is 0 Å². The number of ether oxygens (including phenoxy) is 2. The molecule has 0 aliphatic heterocycles. The van der Waals surface area contributed by atoms with Crippen LogP contribution < -0.4 is 9.47 Å². The van der Waals surface area contributed by atoms with Gasteiger partial charge in [0.2, 0.25) is 0 Å². The largest absolute Gasteiger partial charge is 0.508 e. The van der Waals surface area contributed by atoms with Gasteiger partial charge in [-0.25, -0.2) is 0 Å². The molecule has 0 amide bonds. The summed E-state index contributed by atoms with van der Waals surface area (Å²) in [4.78, 5) is 0. The lowest BCUT2D eigenvalue weighted by Crippen LogP contribution is -1.90. The molecule has 0 atom stereocenters. The van der Waals surface area contributed by atoms with Crippen molar-refractivity contribution in [1.29, 1.82) is 0 Å². The first kappa shape index (κ1) is 16.7. The van der Waals surface area contributed by atoms with E-state index in [4.69, 9.17) is 9.47 Å². The Morgan fingerprint density at radius 2 is 1.00 bits per heavy atom. The van der Waals surface area contributed by atoms with Crippen molar-refractivity contribution >= 4 is 0 Å². The average Bonchev–Trinajstić information content (AvgIpc) is 2.57. The van der Waals surface area contributed by atoms with E-state index >= 15 is 0 Å². The van der Waals surface area contributed by atoms with Gasteiger partial charge in [-0.2, -0.15) is 0 Å². The number of phenols is 2. The SMILES string of the molecule is Cc1cc(Oc2ccc(Oc3ccc(O)c(C)c3)c(C)c2)ccc1O. The zero-order chi connectivity index (χ0) is 18.0. The van der Waals surface area contributed by atoms with Crippen LogP contribution in [0.25, 0.3) is 0 Å². The van der Waals surface area contributed by atoms with Crippen molar-refractivity contribution in [3.8, 4) is 34.5 Å². The van der Waals surface area contributed by atoms with Crippen molar-refractivity contribution in [3.05, 3.63) is 71.3 Å². The number of benzene rings is 3. The Morgan fingerprint density at radius 1 is 0.560 bits per heavy atom. The van der Waals surface area contributed by atoms with E-state index in [2.05, 4.69) is 0 Å². The van der Waals surface area contributed by atoms with Crippen LogP contribution in [0.3, 0.4) is 0 Å². The van der Waals surface area contributed by atoms with Crippen LogP contribution in [0.5, 0.6) is 34.5 Å². The molecular formula is C21H20O4. The zero-order valence-corrected chi connectivity index (χ0v) is 14.4. The summed E-state index contributed by atoms with van der Waals surface area (Å²) in [6, 6.07) is 15.8. The fraction of sp³-hybridized carbons (Fsp3) is 0.143. The van der Waals surface area contributed by atoms with Crippen LogP contribution in [0.1, 0.15) is 16.7 Å². The minimum Gasteiger partial charge on any atom is -0.508 e. The quantitative estimate of drug-likeness (QED) is 0.650. The summed E-state index contributed by atoms with van der Waals surface area (Å²) in [6.07, 6.45) is 0. The maximum atomic E-state index is 9.59. The third kappa shape index (κ3) is 3.86. The van der Waals surface area contributed by atoms with Gasteiger partial charge >= 0.3 is 0 Å². The molecule has 0 unspecified atom stereocenters. The molecule has 0 radical (unpaired) electrons. The van der Waals surface area contributed by atoms with Gasteiger partial charge < -0.3 is 19.7 Å². The van der Waals surface area contributed by atoms with Gasteiger partial charge in [-0.05, 0) is 92.1 Å². The Kier molecular flexibility index (Phi) is 4.52. The number of aryl methyl sites for hydroxylation is 3. The smallest absolute Gasteiger partial charge is 0.130 e. The molecule has 0 aliphatic carbocycles. The van der Waals surface area contributed by atoms with Crippen LogP contribution in [-0.4, -0.2) is 10.2 Å². The van der Waals surface area contributed by atoms with E-state index in [1.54, 1.807) is 36.4 Å². The Hall–Kier alpha value is -3.14. The Bertz CT molecular complexity index is 916. The maximum absolute atomic E-state index is 9.59. The van der Waals surface area contributed by atoms with Gasteiger partial charge in [0.25, 0.3) is 0 Å². The third-order valence-corrected chi connectivity index (χ3v) is 3.95. The van der Waals surface area contributed by atoms with E-state index in [0.717, 1.165) is 22.4 Å². The minimum absolute atomic E-state index is 0.247. The Labute approximate surface area is 146 Å². The molecule has 0 aliphatic rings. The van der Waals surface area contributed by atoms with Crippen molar-refractivity contribution in [1.82, 2.24) is 0 Å². The van der Waals surface area contributed by atoms with Crippen molar-refractivity contribution in [2.75, 3.05) is 0 Å². The maximum Gasteiger partial charge on any atom is 0.130 e. The van der Waals surface area contributed by atoms with Crippen LogP contribution >= 0.6 is 0 Å². The highest BCUT2D eigenvalue weighted by atomic mass is 16.5. The first-order chi connectivity index (χ1) is 11.9. The summed E-state index contributed by atoms with van der Waals surface area (Å²) >= 11 is 0. The molecule has 3 rings (SSSR count). The van der Waals surface area contributed by atoms with Gasteiger partial charge in [0.15, 0.2) is 0 Å². The molecule has 3 aromatic rings. The molecule has 2 N–H and O–H groups in total. The molecule has 4 nitrogen and oxygen atoms in total. The standard InChI is InChI=1S/C21H20O4/c1-13-10-16(4-7-19(13)22)24-17-6-9-21(15(3)12-17)25-18-5-8-20(23)14(2)11-18/h4-12,22-23H,1-3H3. The predicted molar refractivity (Wildman–Crippen MR) is 97.0 cm³/mol. The molecular weight excluding hydrogens is 316 g/mol. The second-order valence-electron chi connectivity index (χ2n) is 6.03. The number of phenolic OH excluding ortho intramolecular Hbond substituents is 2. The molecule has 0 saturated heterocycles. The molecule has 0 saturated carbocycles. The van der Waals surface area contributed by atoms with Gasteiger partial charge in [0.05, 0.1) is 0 Å². The van der Waals surface area contributed by atoms with Crippen LogP contribution in [0.2, 0.25) is 0 Å². The molecule has 128 valence electrons. The van der Waals surface area contributed by atoms with E-state index in [1.807, 2.05) is 39.0 Å². The van der Waals surface area contributed by atoms with Gasteiger partial charge in [0.1, 0.15) is 34.5 Å². The molecule has 3 aromatic carbocycles. The molecule has 0 bridgehead atoms. The second-order valence-corrected chi connectivity index (χ2v) is 6.03. The highest BCUT2D eigenvalue weighted by Gasteiger charge is 2.07. The van der Waals surface area contributed by atoms with Crippen LogP contribution in [0.4, 0.5) is 0 Å². The van der Waals surface area contributed by atoms with Gasteiger partial charge in [-0.1, -0.05) is 0 Å². The summed E-state index contributed by atoms with van der Waals surface area (Å²) < 4.78 is 11.7. The Balaban J connectivity index is 1.78. The molecule has 25 heavy (non-hydrogen) atoms. The number of hydrogen-bond acceptors (Lipinski definition) is 4. The minimum atomic E-state index is 0.247. The monoisotopic (exact) mass is 336 g/mol. The highest BCUT2D eigenvalue weighted by Crippen LogP contribution is 2.32. The van der Waals surface area contributed by atoms with E-state index in [1.165, 1.54) is 0 Å². The molecule has 4 heteroatoms. The average molecular weight is 336 g/mol.